The molecule has 0 radical (unpaired) electrons. The standard InChI is InChI=1S/C18H36N2O/c1-6-13-19-17(16-12-11-14-21-15-16)18(7-2,8-3)20(9-4)10-5/h15,17,19H,6-14H2,1-5H3. The van der Waals surface area contributed by atoms with Gasteiger partial charge < -0.3 is 10.1 Å². The maximum Gasteiger partial charge on any atom is 0.0876 e. The van der Waals surface area contributed by atoms with E-state index in [4.69, 9.17) is 4.74 Å². The molecule has 1 heterocycles. The van der Waals surface area contributed by atoms with Gasteiger partial charge in [0.2, 0.25) is 0 Å². The molecule has 0 aromatic rings. The van der Waals surface area contributed by atoms with Crippen LogP contribution in [0.3, 0.4) is 0 Å². The van der Waals surface area contributed by atoms with Crippen molar-refractivity contribution in [3.05, 3.63) is 11.8 Å². The lowest BCUT2D eigenvalue weighted by molar-refractivity contribution is 0.0564. The molecule has 1 atom stereocenters. The lowest BCUT2D eigenvalue weighted by Gasteiger charge is -2.49. The predicted molar refractivity (Wildman–Crippen MR) is 91.6 cm³/mol. The highest BCUT2D eigenvalue weighted by atomic mass is 16.5. The summed E-state index contributed by atoms with van der Waals surface area (Å²) in [4.78, 5) is 2.65. The lowest BCUT2D eigenvalue weighted by Crippen LogP contribution is -2.61. The Hall–Kier alpha value is -0.540. The van der Waals surface area contributed by atoms with E-state index in [0.717, 1.165) is 32.7 Å². The van der Waals surface area contributed by atoms with Crippen molar-refractivity contribution in [2.75, 3.05) is 26.2 Å². The van der Waals surface area contributed by atoms with Crippen molar-refractivity contribution in [2.45, 2.75) is 78.3 Å². The first-order valence-electron chi connectivity index (χ1n) is 8.98. The highest BCUT2D eigenvalue weighted by Gasteiger charge is 2.41. The Morgan fingerprint density at radius 3 is 2.29 bits per heavy atom. The molecule has 0 saturated heterocycles. The fourth-order valence-electron chi connectivity index (χ4n) is 3.89. The zero-order valence-corrected chi connectivity index (χ0v) is 14.9. The van der Waals surface area contributed by atoms with E-state index in [1.54, 1.807) is 0 Å². The van der Waals surface area contributed by atoms with Gasteiger partial charge in [-0.15, -0.1) is 0 Å². The lowest BCUT2D eigenvalue weighted by atomic mass is 9.77. The van der Waals surface area contributed by atoms with Crippen LogP contribution in [-0.2, 0) is 4.74 Å². The number of likely N-dealkylation sites (N-methyl/N-ethyl adjacent to an activating group) is 1. The summed E-state index contributed by atoms with van der Waals surface area (Å²) >= 11 is 0. The Bertz CT molecular complexity index is 306. The summed E-state index contributed by atoms with van der Waals surface area (Å²) in [6.45, 7) is 15.7. The molecule has 3 nitrogen and oxygen atoms in total. The summed E-state index contributed by atoms with van der Waals surface area (Å²) in [6.07, 6.45) is 7.88. The van der Waals surface area contributed by atoms with Crippen LogP contribution in [0.5, 0.6) is 0 Å². The Labute approximate surface area is 132 Å². The van der Waals surface area contributed by atoms with E-state index in [9.17, 15) is 0 Å². The quantitative estimate of drug-likeness (QED) is 0.660. The van der Waals surface area contributed by atoms with E-state index in [-0.39, 0.29) is 5.54 Å². The predicted octanol–water partition coefficient (Wildman–Crippen LogP) is 3.95. The van der Waals surface area contributed by atoms with Gasteiger partial charge in [-0.05, 0) is 57.3 Å². The maximum atomic E-state index is 5.65. The molecule has 0 aliphatic carbocycles. The van der Waals surface area contributed by atoms with Crippen molar-refractivity contribution in [1.82, 2.24) is 10.2 Å². The zero-order valence-electron chi connectivity index (χ0n) is 14.9. The number of ether oxygens (including phenoxy) is 1. The average Bonchev–Trinajstić information content (AvgIpc) is 2.55. The first kappa shape index (κ1) is 18.5. The largest absolute Gasteiger partial charge is 0.501 e. The summed E-state index contributed by atoms with van der Waals surface area (Å²) in [5, 5.41) is 3.84. The van der Waals surface area contributed by atoms with Crippen molar-refractivity contribution in [3.8, 4) is 0 Å². The van der Waals surface area contributed by atoms with E-state index in [1.165, 1.54) is 31.3 Å². The molecule has 0 spiro atoms. The number of nitrogens with one attached hydrogen (secondary N) is 1. The van der Waals surface area contributed by atoms with Gasteiger partial charge in [-0.25, -0.2) is 0 Å². The van der Waals surface area contributed by atoms with E-state index in [2.05, 4.69) is 44.8 Å². The summed E-state index contributed by atoms with van der Waals surface area (Å²) in [6, 6.07) is 0.410. The molecule has 21 heavy (non-hydrogen) atoms. The molecule has 0 fully saturated rings. The van der Waals surface area contributed by atoms with Crippen molar-refractivity contribution in [1.29, 1.82) is 0 Å². The van der Waals surface area contributed by atoms with Gasteiger partial charge in [0.15, 0.2) is 0 Å². The molecular formula is C18H36N2O. The molecule has 0 aromatic carbocycles. The summed E-state index contributed by atoms with van der Waals surface area (Å²) in [7, 11) is 0. The van der Waals surface area contributed by atoms with E-state index >= 15 is 0 Å². The van der Waals surface area contributed by atoms with Crippen LogP contribution in [0.25, 0.3) is 0 Å². The average molecular weight is 296 g/mol. The number of rotatable bonds is 10. The molecule has 1 aliphatic heterocycles. The highest BCUT2D eigenvalue weighted by molar-refractivity contribution is 5.19. The minimum Gasteiger partial charge on any atom is -0.501 e. The molecule has 1 unspecified atom stereocenters. The molecule has 3 heteroatoms. The summed E-state index contributed by atoms with van der Waals surface area (Å²) in [5.41, 5.74) is 1.66. The van der Waals surface area contributed by atoms with Crippen LogP contribution >= 0.6 is 0 Å². The second kappa shape index (κ2) is 9.47. The maximum absolute atomic E-state index is 5.65. The van der Waals surface area contributed by atoms with Crippen molar-refractivity contribution in [2.24, 2.45) is 0 Å². The third-order valence-electron chi connectivity index (χ3n) is 5.09. The van der Waals surface area contributed by atoms with Crippen LogP contribution in [0, 0.1) is 0 Å². The highest BCUT2D eigenvalue weighted by Crippen LogP contribution is 2.34. The van der Waals surface area contributed by atoms with Crippen molar-refractivity contribution < 1.29 is 4.74 Å². The Morgan fingerprint density at radius 2 is 1.86 bits per heavy atom. The molecule has 1 rings (SSSR count). The molecule has 0 amide bonds. The first-order valence-corrected chi connectivity index (χ1v) is 8.98. The minimum absolute atomic E-state index is 0.200. The fourth-order valence-corrected chi connectivity index (χ4v) is 3.89. The van der Waals surface area contributed by atoms with Crippen LogP contribution in [-0.4, -0.2) is 42.7 Å². The number of hydrogen-bond acceptors (Lipinski definition) is 3. The second-order valence-electron chi connectivity index (χ2n) is 6.04. The van der Waals surface area contributed by atoms with E-state index in [1.807, 2.05) is 6.26 Å². The molecule has 124 valence electrons. The first-order chi connectivity index (χ1) is 10.2. The Kier molecular flexibility index (Phi) is 8.35. The van der Waals surface area contributed by atoms with Gasteiger partial charge in [-0.2, -0.15) is 0 Å². The van der Waals surface area contributed by atoms with Gasteiger partial charge in [0.05, 0.1) is 12.9 Å². The van der Waals surface area contributed by atoms with Crippen LogP contribution in [0.1, 0.15) is 66.7 Å². The summed E-state index contributed by atoms with van der Waals surface area (Å²) in [5.74, 6) is 0. The SMILES string of the molecule is CCCNC(C1=COCCC1)C(CC)(CC)N(CC)CC. The van der Waals surface area contributed by atoms with Gasteiger partial charge in [0.25, 0.3) is 0 Å². The van der Waals surface area contributed by atoms with Crippen molar-refractivity contribution >= 4 is 0 Å². The van der Waals surface area contributed by atoms with Crippen LogP contribution < -0.4 is 5.32 Å². The van der Waals surface area contributed by atoms with Crippen molar-refractivity contribution in [3.63, 3.8) is 0 Å². The molecule has 1 aliphatic rings. The molecule has 1 N–H and O–H groups in total. The third-order valence-corrected chi connectivity index (χ3v) is 5.09. The van der Waals surface area contributed by atoms with Crippen LogP contribution in [0.2, 0.25) is 0 Å². The molecule has 0 bridgehead atoms. The zero-order chi connectivity index (χ0) is 15.7. The van der Waals surface area contributed by atoms with Crippen LogP contribution in [0.15, 0.2) is 11.8 Å². The van der Waals surface area contributed by atoms with Crippen LogP contribution in [0.4, 0.5) is 0 Å². The van der Waals surface area contributed by atoms with Gasteiger partial charge >= 0.3 is 0 Å². The summed E-state index contributed by atoms with van der Waals surface area (Å²) < 4.78 is 5.65. The molecule has 0 saturated carbocycles. The van der Waals surface area contributed by atoms with E-state index < -0.39 is 0 Å². The molecular weight excluding hydrogens is 260 g/mol. The molecule has 0 aromatic heterocycles. The number of nitrogens with zero attached hydrogens (tertiary/aromatic N) is 1. The number of hydrogen-bond donors (Lipinski definition) is 1. The normalized spacial score (nSPS) is 17.5. The monoisotopic (exact) mass is 296 g/mol. The van der Waals surface area contributed by atoms with Gasteiger partial charge in [0.1, 0.15) is 0 Å². The van der Waals surface area contributed by atoms with Gasteiger partial charge in [-0.1, -0.05) is 34.6 Å². The second-order valence-corrected chi connectivity index (χ2v) is 6.04. The van der Waals surface area contributed by atoms with Gasteiger partial charge in [-0.3, -0.25) is 4.90 Å². The van der Waals surface area contributed by atoms with E-state index in [0.29, 0.717) is 6.04 Å². The van der Waals surface area contributed by atoms with Gasteiger partial charge in [0, 0.05) is 11.6 Å². The Balaban J connectivity index is 3.12. The minimum atomic E-state index is 0.200. The smallest absolute Gasteiger partial charge is 0.0876 e. The fraction of sp³-hybridized carbons (Fsp3) is 0.889. The third kappa shape index (κ3) is 4.23. The Morgan fingerprint density at radius 1 is 1.19 bits per heavy atom. The topological polar surface area (TPSA) is 24.5 Å².